The van der Waals surface area contributed by atoms with E-state index in [1.807, 2.05) is 43.3 Å². The van der Waals surface area contributed by atoms with Crippen LogP contribution in [0.4, 0.5) is 5.69 Å². The summed E-state index contributed by atoms with van der Waals surface area (Å²) in [5.74, 6) is 0. The summed E-state index contributed by atoms with van der Waals surface area (Å²) in [6.07, 6.45) is 4.77. The summed E-state index contributed by atoms with van der Waals surface area (Å²) in [6, 6.07) is 9.88. The minimum atomic E-state index is -3.17. The van der Waals surface area contributed by atoms with E-state index >= 15 is 0 Å². The molecule has 0 spiro atoms. The molecule has 5 nitrogen and oxygen atoms in total. The van der Waals surface area contributed by atoms with Gasteiger partial charge in [0.2, 0.25) is 10.0 Å². The molecule has 1 aromatic rings. The van der Waals surface area contributed by atoms with Crippen molar-refractivity contribution in [2.24, 2.45) is 0 Å². The molecule has 1 rings (SSSR count). The van der Waals surface area contributed by atoms with E-state index in [2.05, 4.69) is 21.5 Å². The molecule has 2 N–H and O–H groups in total. The van der Waals surface area contributed by atoms with Gasteiger partial charge in [-0.05, 0) is 25.3 Å². The van der Waals surface area contributed by atoms with Gasteiger partial charge in [-0.15, -0.1) is 0 Å². The van der Waals surface area contributed by atoms with Gasteiger partial charge in [-0.1, -0.05) is 30.9 Å². The van der Waals surface area contributed by atoms with Gasteiger partial charge in [-0.3, -0.25) is 0 Å². The molecule has 0 fully saturated rings. The van der Waals surface area contributed by atoms with E-state index in [1.54, 1.807) is 6.20 Å². The summed E-state index contributed by atoms with van der Waals surface area (Å²) in [7, 11) is -3.17. The number of rotatable bonds is 9. The van der Waals surface area contributed by atoms with Crippen molar-refractivity contribution in [3.63, 3.8) is 0 Å². The quantitative estimate of drug-likeness (QED) is 0.728. The Hall–Kier alpha value is -1.79. The van der Waals surface area contributed by atoms with Gasteiger partial charge in [0.25, 0.3) is 0 Å². The lowest BCUT2D eigenvalue weighted by atomic mass is 10.2. The molecule has 0 bridgehead atoms. The Morgan fingerprint density at radius 3 is 2.52 bits per heavy atom. The lowest BCUT2D eigenvalue weighted by Gasteiger charge is -2.26. The highest BCUT2D eigenvalue weighted by Crippen LogP contribution is 2.14. The van der Waals surface area contributed by atoms with Crippen LogP contribution in [-0.4, -0.2) is 34.3 Å². The number of para-hydroxylation sites is 1. The van der Waals surface area contributed by atoms with Crippen molar-refractivity contribution in [1.29, 1.82) is 0 Å². The third-order valence-corrected chi connectivity index (χ3v) is 3.59. The fourth-order valence-corrected chi connectivity index (χ4v) is 2.32. The maximum atomic E-state index is 11.2. The number of anilines is 1. The van der Waals surface area contributed by atoms with E-state index in [0.29, 0.717) is 19.6 Å². The molecule has 0 aliphatic heterocycles. The average molecular weight is 309 g/mol. The van der Waals surface area contributed by atoms with Crippen LogP contribution < -0.4 is 14.9 Å². The number of sulfonamides is 1. The van der Waals surface area contributed by atoms with E-state index in [4.69, 9.17) is 0 Å². The molecule has 0 saturated carbocycles. The van der Waals surface area contributed by atoms with Crippen LogP contribution in [0.15, 0.2) is 54.9 Å². The third kappa shape index (κ3) is 6.97. The first-order valence-electron chi connectivity index (χ1n) is 6.73. The zero-order valence-corrected chi connectivity index (χ0v) is 13.4. The molecule has 21 heavy (non-hydrogen) atoms. The van der Waals surface area contributed by atoms with Crippen LogP contribution in [0.3, 0.4) is 0 Å². The fraction of sp³-hybridized carbons (Fsp3) is 0.333. The minimum Gasteiger partial charge on any atom is -0.364 e. The number of hydrogen-bond acceptors (Lipinski definition) is 4. The molecule has 1 aromatic carbocycles. The lowest BCUT2D eigenvalue weighted by Crippen LogP contribution is -2.36. The van der Waals surface area contributed by atoms with E-state index in [9.17, 15) is 8.42 Å². The number of hydrogen-bond donors (Lipinski definition) is 2. The molecule has 0 unspecified atom stereocenters. The van der Waals surface area contributed by atoms with Gasteiger partial charge in [0.15, 0.2) is 0 Å². The first kappa shape index (κ1) is 17.3. The molecule has 0 heterocycles. The minimum absolute atomic E-state index is 0.360. The lowest BCUT2D eigenvalue weighted by molar-refractivity contribution is 0.587. The number of benzene rings is 1. The van der Waals surface area contributed by atoms with Crippen molar-refractivity contribution in [3.8, 4) is 0 Å². The Bertz CT molecular complexity index is 568. The molecular weight excluding hydrogens is 286 g/mol. The van der Waals surface area contributed by atoms with Crippen LogP contribution in [-0.2, 0) is 10.0 Å². The topological polar surface area (TPSA) is 61.4 Å². The summed E-state index contributed by atoms with van der Waals surface area (Å²) in [5, 5.41) is 3.08. The van der Waals surface area contributed by atoms with Crippen molar-refractivity contribution in [1.82, 2.24) is 10.0 Å². The molecule has 6 heteroatoms. The standard InChI is InChI=1S/C15H23N3O2S/c1-4-14(16-5-2)13-18(12-11-17-21(3,19)20)15-9-7-6-8-10-15/h4-10,16-17H,2,11-13H2,1,3H3/b14-4-. The van der Waals surface area contributed by atoms with Crippen LogP contribution in [0, 0.1) is 0 Å². The Morgan fingerprint density at radius 2 is 2.00 bits per heavy atom. The highest BCUT2D eigenvalue weighted by atomic mass is 32.2. The molecule has 0 amide bonds. The summed E-state index contributed by atoms with van der Waals surface area (Å²) >= 11 is 0. The predicted octanol–water partition coefficient (Wildman–Crippen LogP) is 1.68. The molecule has 0 radical (unpaired) electrons. The molecular formula is C15H23N3O2S. The van der Waals surface area contributed by atoms with Crippen molar-refractivity contribution in [2.75, 3.05) is 30.8 Å². The maximum absolute atomic E-state index is 11.2. The van der Waals surface area contributed by atoms with Gasteiger partial charge in [0.05, 0.1) is 12.8 Å². The van der Waals surface area contributed by atoms with Gasteiger partial charge in [-0.2, -0.15) is 0 Å². The average Bonchev–Trinajstić information content (AvgIpc) is 2.45. The monoisotopic (exact) mass is 309 g/mol. The normalized spacial score (nSPS) is 12.0. The Morgan fingerprint density at radius 1 is 1.33 bits per heavy atom. The van der Waals surface area contributed by atoms with Crippen molar-refractivity contribution < 1.29 is 8.42 Å². The van der Waals surface area contributed by atoms with Crippen LogP contribution in [0.1, 0.15) is 6.92 Å². The smallest absolute Gasteiger partial charge is 0.208 e. The highest BCUT2D eigenvalue weighted by Gasteiger charge is 2.09. The second-order valence-corrected chi connectivity index (χ2v) is 6.42. The summed E-state index contributed by atoms with van der Waals surface area (Å²) in [4.78, 5) is 2.10. The second kappa shape index (κ2) is 8.49. The van der Waals surface area contributed by atoms with Gasteiger partial charge < -0.3 is 10.2 Å². The van der Waals surface area contributed by atoms with Crippen LogP contribution in [0.5, 0.6) is 0 Å². The SMILES string of the molecule is C=CN/C(=C\C)CN(CCNS(C)(=O)=O)c1ccccc1. The van der Waals surface area contributed by atoms with Crippen molar-refractivity contribution in [3.05, 3.63) is 54.9 Å². The highest BCUT2D eigenvalue weighted by molar-refractivity contribution is 7.88. The van der Waals surface area contributed by atoms with Gasteiger partial charge in [0.1, 0.15) is 0 Å². The Balaban J connectivity index is 2.78. The number of nitrogens with zero attached hydrogens (tertiary/aromatic N) is 1. The largest absolute Gasteiger partial charge is 0.364 e. The third-order valence-electron chi connectivity index (χ3n) is 2.86. The van der Waals surface area contributed by atoms with E-state index in [0.717, 1.165) is 17.6 Å². The molecule has 116 valence electrons. The van der Waals surface area contributed by atoms with Gasteiger partial charge in [0, 0.05) is 24.5 Å². The van der Waals surface area contributed by atoms with E-state index in [1.165, 1.54) is 0 Å². The van der Waals surface area contributed by atoms with Gasteiger partial charge in [-0.25, -0.2) is 13.1 Å². The van der Waals surface area contributed by atoms with E-state index < -0.39 is 10.0 Å². The molecule has 0 aliphatic rings. The molecule has 0 aliphatic carbocycles. The zero-order valence-electron chi connectivity index (χ0n) is 12.5. The predicted molar refractivity (Wildman–Crippen MR) is 88.6 cm³/mol. The van der Waals surface area contributed by atoms with Gasteiger partial charge >= 0.3 is 0 Å². The number of nitrogens with one attached hydrogen (secondary N) is 2. The fourth-order valence-electron chi connectivity index (χ4n) is 1.86. The van der Waals surface area contributed by atoms with Crippen LogP contribution >= 0.6 is 0 Å². The first-order valence-corrected chi connectivity index (χ1v) is 8.62. The van der Waals surface area contributed by atoms with E-state index in [-0.39, 0.29) is 0 Å². The van der Waals surface area contributed by atoms with Crippen molar-refractivity contribution >= 4 is 15.7 Å². The van der Waals surface area contributed by atoms with Crippen molar-refractivity contribution in [2.45, 2.75) is 6.92 Å². The summed E-state index contributed by atoms with van der Waals surface area (Å²) in [6.45, 7) is 7.20. The Kier molecular flexibility index (Phi) is 6.98. The summed E-state index contributed by atoms with van der Waals surface area (Å²) < 4.78 is 24.8. The second-order valence-electron chi connectivity index (χ2n) is 4.59. The maximum Gasteiger partial charge on any atom is 0.208 e. The molecule has 0 aromatic heterocycles. The Labute approximate surface area is 127 Å². The zero-order chi connectivity index (χ0) is 15.7. The molecule has 0 atom stereocenters. The number of allylic oxidation sites excluding steroid dienone is 1. The van der Waals surface area contributed by atoms with Crippen LogP contribution in [0.25, 0.3) is 0 Å². The molecule has 0 saturated heterocycles. The summed E-state index contributed by atoms with van der Waals surface area (Å²) in [5.41, 5.74) is 2.05. The van der Waals surface area contributed by atoms with Crippen LogP contribution in [0.2, 0.25) is 0 Å². The first-order chi connectivity index (χ1) is 9.96.